The van der Waals surface area contributed by atoms with Gasteiger partial charge in [0.1, 0.15) is 5.82 Å². The number of oxazole rings is 1. The molecule has 0 spiro atoms. The third kappa shape index (κ3) is 2.36. The van der Waals surface area contributed by atoms with Crippen molar-refractivity contribution < 1.29 is 8.81 Å². The largest absolute Gasteiger partial charge is 0.419 e. The Kier molecular flexibility index (Phi) is 3.33. The van der Waals surface area contributed by atoms with Gasteiger partial charge < -0.3 is 4.42 Å². The van der Waals surface area contributed by atoms with Gasteiger partial charge in [-0.25, -0.2) is 9.18 Å². The highest BCUT2D eigenvalue weighted by Gasteiger charge is 2.17. The van der Waals surface area contributed by atoms with Crippen LogP contribution in [0.1, 0.15) is 22.1 Å². The molecule has 21 heavy (non-hydrogen) atoms. The summed E-state index contributed by atoms with van der Waals surface area (Å²) in [6.45, 7) is 1.82. The maximum atomic E-state index is 14.0. The number of aryl methyl sites for hydroxylation is 2. The molecule has 108 valence electrons. The second-order valence-electron chi connectivity index (χ2n) is 5.04. The van der Waals surface area contributed by atoms with Crippen molar-refractivity contribution in [2.24, 2.45) is 7.05 Å². The van der Waals surface area contributed by atoms with Gasteiger partial charge in [-0.2, -0.15) is 0 Å². The zero-order valence-electron chi connectivity index (χ0n) is 11.6. The summed E-state index contributed by atoms with van der Waals surface area (Å²) in [5, 5.41) is -0.638. The molecule has 0 aliphatic carbocycles. The van der Waals surface area contributed by atoms with Crippen LogP contribution in [-0.2, 0) is 7.05 Å². The van der Waals surface area contributed by atoms with Crippen LogP contribution in [-0.4, -0.2) is 4.57 Å². The van der Waals surface area contributed by atoms with Crippen molar-refractivity contribution in [2.75, 3.05) is 0 Å². The minimum absolute atomic E-state index is 0.343. The highest BCUT2D eigenvalue weighted by molar-refractivity contribution is 6.22. The monoisotopic (exact) mass is 305 g/mol. The minimum atomic E-state index is -0.638. The van der Waals surface area contributed by atoms with E-state index in [2.05, 4.69) is 0 Å². The fourth-order valence-corrected chi connectivity index (χ4v) is 2.64. The van der Waals surface area contributed by atoms with E-state index in [-0.39, 0.29) is 5.82 Å². The first-order valence-corrected chi connectivity index (χ1v) is 6.90. The number of aromatic nitrogens is 1. The van der Waals surface area contributed by atoms with Crippen LogP contribution in [0.15, 0.2) is 45.6 Å². The van der Waals surface area contributed by atoms with E-state index in [0.29, 0.717) is 22.2 Å². The molecule has 0 amide bonds. The number of alkyl halides is 1. The number of rotatable bonds is 2. The standard InChI is InChI=1S/C16H13ClFNO2/c1-9-3-5-11(12(18)7-9)15(17)10-4-6-13-14(8-10)21-16(20)19(13)2/h3-8,15H,1-2H3. The van der Waals surface area contributed by atoms with Crippen molar-refractivity contribution in [2.45, 2.75) is 12.3 Å². The van der Waals surface area contributed by atoms with Gasteiger partial charge in [-0.1, -0.05) is 18.2 Å². The van der Waals surface area contributed by atoms with Crippen LogP contribution in [0.5, 0.6) is 0 Å². The molecule has 2 aromatic carbocycles. The van der Waals surface area contributed by atoms with Crippen LogP contribution in [0.4, 0.5) is 4.39 Å². The van der Waals surface area contributed by atoms with Crippen LogP contribution in [0.3, 0.4) is 0 Å². The Labute approximate surface area is 125 Å². The Balaban J connectivity index is 2.09. The van der Waals surface area contributed by atoms with Crippen LogP contribution >= 0.6 is 11.6 Å². The van der Waals surface area contributed by atoms with E-state index < -0.39 is 11.1 Å². The molecule has 3 rings (SSSR count). The highest BCUT2D eigenvalue weighted by atomic mass is 35.5. The predicted molar refractivity (Wildman–Crippen MR) is 80.3 cm³/mol. The zero-order valence-corrected chi connectivity index (χ0v) is 12.3. The van der Waals surface area contributed by atoms with Crippen molar-refractivity contribution in [1.29, 1.82) is 0 Å². The van der Waals surface area contributed by atoms with Crippen LogP contribution in [0.2, 0.25) is 0 Å². The molecule has 0 saturated heterocycles. The average molecular weight is 306 g/mol. The summed E-state index contributed by atoms with van der Waals surface area (Å²) >= 11 is 6.37. The third-order valence-electron chi connectivity index (χ3n) is 3.54. The lowest BCUT2D eigenvalue weighted by Gasteiger charge is -2.12. The summed E-state index contributed by atoms with van der Waals surface area (Å²) < 4.78 is 20.5. The second-order valence-corrected chi connectivity index (χ2v) is 5.48. The molecule has 0 saturated carbocycles. The fraction of sp³-hybridized carbons (Fsp3) is 0.188. The highest BCUT2D eigenvalue weighted by Crippen LogP contribution is 2.32. The number of halogens is 2. The van der Waals surface area contributed by atoms with Gasteiger partial charge >= 0.3 is 5.76 Å². The fourth-order valence-electron chi connectivity index (χ4n) is 2.33. The Morgan fingerprint density at radius 3 is 2.71 bits per heavy atom. The van der Waals surface area contributed by atoms with E-state index in [0.717, 1.165) is 5.56 Å². The van der Waals surface area contributed by atoms with E-state index in [1.165, 1.54) is 10.6 Å². The maximum Gasteiger partial charge on any atom is 0.419 e. The Morgan fingerprint density at radius 2 is 2.00 bits per heavy atom. The third-order valence-corrected chi connectivity index (χ3v) is 4.03. The summed E-state index contributed by atoms with van der Waals surface area (Å²) in [6.07, 6.45) is 0. The number of hydrogen-bond donors (Lipinski definition) is 0. The van der Waals surface area contributed by atoms with Crippen LogP contribution in [0.25, 0.3) is 11.1 Å². The molecule has 1 unspecified atom stereocenters. The van der Waals surface area contributed by atoms with E-state index in [1.54, 1.807) is 31.3 Å². The lowest BCUT2D eigenvalue weighted by Crippen LogP contribution is -2.08. The lowest BCUT2D eigenvalue weighted by molar-refractivity contribution is 0.528. The zero-order chi connectivity index (χ0) is 15.1. The van der Waals surface area contributed by atoms with E-state index in [1.807, 2.05) is 13.0 Å². The number of fused-ring (bicyclic) bond motifs is 1. The van der Waals surface area contributed by atoms with Gasteiger partial charge in [0, 0.05) is 12.6 Å². The molecule has 0 N–H and O–H groups in total. The molecule has 5 heteroatoms. The number of nitrogens with zero attached hydrogens (tertiary/aromatic N) is 1. The first-order valence-electron chi connectivity index (χ1n) is 6.47. The maximum absolute atomic E-state index is 14.0. The summed E-state index contributed by atoms with van der Waals surface area (Å²) in [7, 11) is 1.63. The molecule has 1 heterocycles. The summed E-state index contributed by atoms with van der Waals surface area (Å²) in [4.78, 5) is 11.5. The van der Waals surface area contributed by atoms with Gasteiger partial charge in [-0.05, 0) is 36.2 Å². The van der Waals surface area contributed by atoms with Crippen LogP contribution < -0.4 is 5.76 Å². The van der Waals surface area contributed by atoms with Gasteiger partial charge in [0.25, 0.3) is 0 Å². The summed E-state index contributed by atoms with van der Waals surface area (Å²) in [6, 6.07) is 10.1. The normalized spacial score (nSPS) is 12.8. The quantitative estimate of drug-likeness (QED) is 0.673. The molecule has 3 nitrogen and oxygen atoms in total. The topological polar surface area (TPSA) is 35.1 Å². The van der Waals surface area contributed by atoms with Crippen molar-refractivity contribution in [3.63, 3.8) is 0 Å². The van der Waals surface area contributed by atoms with Gasteiger partial charge in [-0.15, -0.1) is 11.6 Å². The number of benzene rings is 2. The molecule has 1 atom stereocenters. The van der Waals surface area contributed by atoms with E-state index >= 15 is 0 Å². The lowest BCUT2D eigenvalue weighted by atomic mass is 10.0. The van der Waals surface area contributed by atoms with E-state index in [4.69, 9.17) is 16.0 Å². The molecule has 0 bridgehead atoms. The van der Waals surface area contributed by atoms with Gasteiger partial charge in [0.15, 0.2) is 5.58 Å². The predicted octanol–water partition coefficient (Wildman–Crippen LogP) is 3.91. The first kappa shape index (κ1) is 13.9. The van der Waals surface area contributed by atoms with Gasteiger partial charge in [0.2, 0.25) is 0 Å². The molecule has 0 radical (unpaired) electrons. The Bertz CT molecular complexity index is 882. The van der Waals surface area contributed by atoms with Crippen molar-refractivity contribution >= 4 is 22.7 Å². The van der Waals surface area contributed by atoms with Crippen molar-refractivity contribution in [3.8, 4) is 0 Å². The smallest absolute Gasteiger partial charge is 0.408 e. The average Bonchev–Trinajstić information content (AvgIpc) is 2.73. The molecule has 0 aliphatic heterocycles. The van der Waals surface area contributed by atoms with Crippen molar-refractivity contribution in [3.05, 3.63) is 69.5 Å². The SMILES string of the molecule is Cc1ccc(C(Cl)c2ccc3c(c2)oc(=O)n3C)c(F)c1. The Hall–Kier alpha value is -2.07. The molecule has 3 aromatic rings. The summed E-state index contributed by atoms with van der Waals surface area (Å²) in [5.41, 5.74) is 3.04. The summed E-state index contributed by atoms with van der Waals surface area (Å²) in [5.74, 6) is -0.778. The Morgan fingerprint density at radius 1 is 1.24 bits per heavy atom. The molecule has 1 aromatic heterocycles. The molecular formula is C16H13ClFNO2. The molecule has 0 fully saturated rings. The minimum Gasteiger partial charge on any atom is -0.408 e. The van der Waals surface area contributed by atoms with Crippen LogP contribution in [0, 0.1) is 12.7 Å². The second kappa shape index (κ2) is 5.04. The first-order chi connectivity index (χ1) is 9.97. The van der Waals surface area contributed by atoms with Gasteiger partial charge in [-0.3, -0.25) is 4.57 Å². The van der Waals surface area contributed by atoms with Crippen molar-refractivity contribution in [1.82, 2.24) is 4.57 Å². The van der Waals surface area contributed by atoms with Gasteiger partial charge in [0.05, 0.1) is 10.9 Å². The molecular weight excluding hydrogens is 293 g/mol. The molecule has 0 aliphatic rings. The van der Waals surface area contributed by atoms with E-state index in [9.17, 15) is 9.18 Å². The number of hydrogen-bond acceptors (Lipinski definition) is 2.